The Kier molecular flexibility index (Phi) is 5.05. The number of hydrogen-bond acceptors (Lipinski definition) is 4. The summed E-state index contributed by atoms with van der Waals surface area (Å²) >= 11 is 0. The molecule has 1 aliphatic rings. The normalized spacial score (nSPS) is 16.7. The lowest BCUT2D eigenvalue weighted by atomic mass is 10.2. The molecule has 3 rings (SSSR count). The van der Waals surface area contributed by atoms with Crippen LogP contribution in [0.4, 0.5) is 0 Å². The van der Waals surface area contributed by atoms with E-state index < -0.39 is 0 Å². The Balaban J connectivity index is 1.46. The van der Waals surface area contributed by atoms with Gasteiger partial charge in [0.05, 0.1) is 0 Å². The monoisotopic (exact) mass is 325 g/mol. The Hall–Kier alpha value is -2.89. The summed E-state index contributed by atoms with van der Waals surface area (Å²) in [5.41, 5.74) is 0.571. The van der Waals surface area contributed by atoms with Crippen molar-refractivity contribution in [3.8, 4) is 5.75 Å². The summed E-state index contributed by atoms with van der Waals surface area (Å²) in [6.07, 6.45) is 3.91. The first-order valence-corrected chi connectivity index (χ1v) is 7.89. The van der Waals surface area contributed by atoms with Gasteiger partial charge in [0.2, 0.25) is 0 Å². The molecule has 124 valence electrons. The average molecular weight is 325 g/mol. The van der Waals surface area contributed by atoms with Gasteiger partial charge in [-0.1, -0.05) is 18.2 Å². The van der Waals surface area contributed by atoms with Crippen LogP contribution in [0.3, 0.4) is 0 Å². The maximum Gasteiger partial charge on any atom is 0.260 e. The molecule has 0 bridgehead atoms. The zero-order valence-corrected chi connectivity index (χ0v) is 13.2. The van der Waals surface area contributed by atoms with Crippen LogP contribution in [0, 0.1) is 0 Å². The van der Waals surface area contributed by atoms with Gasteiger partial charge in [0.1, 0.15) is 5.75 Å². The van der Waals surface area contributed by atoms with Gasteiger partial charge in [0.25, 0.3) is 11.8 Å². The Morgan fingerprint density at radius 1 is 1.17 bits per heavy atom. The molecule has 1 aromatic heterocycles. The highest BCUT2D eigenvalue weighted by Crippen LogP contribution is 2.12. The van der Waals surface area contributed by atoms with Crippen LogP contribution >= 0.6 is 0 Å². The predicted octanol–water partition coefficient (Wildman–Crippen LogP) is 1.49. The number of hydrogen-bond donors (Lipinski definition) is 1. The van der Waals surface area contributed by atoms with Crippen molar-refractivity contribution < 1.29 is 14.3 Å². The summed E-state index contributed by atoms with van der Waals surface area (Å²) in [5, 5.41) is 2.95. The van der Waals surface area contributed by atoms with Gasteiger partial charge in [-0.25, -0.2) is 0 Å². The Bertz CT molecular complexity index is 691. The van der Waals surface area contributed by atoms with Crippen molar-refractivity contribution in [3.05, 3.63) is 60.4 Å². The van der Waals surface area contributed by atoms with Gasteiger partial charge in [0.15, 0.2) is 6.61 Å². The predicted molar refractivity (Wildman–Crippen MR) is 88.6 cm³/mol. The highest BCUT2D eigenvalue weighted by Gasteiger charge is 2.27. The first-order chi connectivity index (χ1) is 11.7. The van der Waals surface area contributed by atoms with Crippen molar-refractivity contribution in [1.29, 1.82) is 0 Å². The number of ether oxygens (including phenoxy) is 1. The van der Waals surface area contributed by atoms with Gasteiger partial charge in [0, 0.05) is 37.1 Å². The fourth-order valence-corrected chi connectivity index (χ4v) is 2.63. The first-order valence-electron chi connectivity index (χ1n) is 7.89. The summed E-state index contributed by atoms with van der Waals surface area (Å²) in [7, 11) is 0. The molecule has 2 amide bonds. The summed E-state index contributed by atoms with van der Waals surface area (Å²) in [5.74, 6) is 0.462. The molecule has 2 heterocycles. The quantitative estimate of drug-likeness (QED) is 0.904. The smallest absolute Gasteiger partial charge is 0.260 e. The SMILES string of the molecule is O=C(N[C@H]1CCN(C(=O)COc2ccccc2)C1)c1ccncc1. The summed E-state index contributed by atoms with van der Waals surface area (Å²) in [4.78, 5) is 29.9. The number of aromatic nitrogens is 1. The van der Waals surface area contributed by atoms with Crippen LogP contribution in [0.1, 0.15) is 16.8 Å². The summed E-state index contributed by atoms with van der Waals surface area (Å²) in [6, 6.07) is 12.5. The molecule has 1 fully saturated rings. The summed E-state index contributed by atoms with van der Waals surface area (Å²) < 4.78 is 5.48. The lowest BCUT2D eigenvalue weighted by Gasteiger charge is -2.17. The van der Waals surface area contributed by atoms with Crippen molar-refractivity contribution in [2.24, 2.45) is 0 Å². The average Bonchev–Trinajstić information content (AvgIpc) is 3.10. The lowest BCUT2D eigenvalue weighted by Crippen LogP contribution is -2.39. The molecule has 6 nitrogen and oxygen atoms in total. The van der Waals surface area contributed by atoms with Crippen molar-refractivity contribution in [1.82, 2.24) is 15.2 Å². The molecule has 1 N–H and O–H groups in total. The minimum Gasteiger partial charge on any atom is -0.484 e. The number of benzene rings is 1. The maximum atomic E-state index is 12.2. The van der Waals surface area contributed by atoms with Crippen LogP contribution < -0.4 is 10.1 Å². The van der Waals surface area contributed by atoms with E-state index in [0.717, 1.165) is 6.42 Å². The van der Waals surface area contributed by atoms with E-state index in [1.54, 1.807) is 29.4 Å². The number of amides is 2. The van der Waals surface area contributed by atoms with Crippen LogP contribution in [-0.2, 0) is 4.79 Å². The Morgan fingerprint density at radius 2 is 1.92 bits per heavy atom. The molecule has 1 aliphatic heterocycles. The van der Waals surface area contributed by atoms with E-state index in [1.165, 1.54) is 0 Å². The first kappa shape index (κ1) is 16.0. The van der Waals surface area contributed by atoms with Gasteiger partial charge < -0.3 is 15.0 Å². The van der Waals surface area contributed by atoms with Gasteiger partial charge in [-0.15, -0.1) is 0 Å². The molecule has 1 aromatic carbocycles. The second-order valence-electron chi connectivity index (χ2n) is 5.64. The topological polar surface area (TPSA) is 71.5 Å². The van der Waals surface area contributed by atoms with E-state index in [2.05, 4.69) is 10.3 Å². The number of nitrogens with one attached hydrogen (secondary N) is 1. The third-order valence-corrected chi connectivity index (χ3v) is 3.92. The van der Waals surface area contributed by atoms with E-state index in [0.29, 0.717) is 24.4 Å². The van der Waals surface area contributed by atoms with Gasteiger partial charge >= 0.3 is 0 Å². The van der Waals surface area contributed by atoms with Gasteiger partial charge in [-0.05, 0) is 30.7 Å². The Morgan fingerprint density at radius 3 is 2.67 bits per heavy atom. The fraction of sp³-hybridized carbons (Fsp3) is 0.278. The number of pyridine rings is 1. The molecule has 1 saturated heterocycles. The van der Waals surface area contributed by atoms with Crippen LogP contribution in [0.15, 0.2) is 54.9 Å². The van der Waals surface area contributed by atoms with E-state index in [1.807, 2.05) is 30.3 Å². The maximum absolute atomic E-state index is 12.2. The van der Waals surface area contributed by atoms with Crippen molar-refractivity contribution in [3.63, 3.8) is 0 Å². The van der Waals surface area contributed by atoms with Crippen molar-refractivity contribution in [2.45, 2.75) is 12.5 Å². The van der Waals surface area contributed by atoms with Crippen LogP contribution in [0.2, 0.25) is 0 Å². The molecule has 24 heavy (non-hydrogen) atoms. The molecular formula is C18H19N3O3. The molecule has 6 heteroatoms. The van der Waals surface area contributed by atoms with Crippen LogP contribution in [0.5, 0.6) is 5.75 Å². The third kappa shape index (κ3) is 4.10. The summed E-state index contributed by atoms with van der Waals surface area (Å²) in [6.45, 7) is 1.14. The van der Waals surface area contributed by atoms with E-state index >= 15 is 0 Å². The highest BCUT2D eigenvalue weighted by molar-refractivity contribution is 5.94. The minimum atomic E-state index is -0.141. The van der Waals surface area contributed by atoms with Crippen LogP contribution in [-0.4, -0.2) is 47.4 Å². The zero-order chi connectivity index (χ0) is 16.8. The molecule has 0 unspecified atom stereocenters. The largest absolute Gasteiger partial charge is 0.484 e. The lowest BCUT2D eigenvalue weighted by molar-refractivity contribution is -0.132. The molecular weight excluding hydrogens is 306 g/mol. The van der Waals surface area contributed by atoms with Gasteiger partial charge in [-0.3, -0.25) is 14.6 Å². The molecule has 0 aliphatic carbocycles. The Labute approximate surface area is 140 Å². The molecule has 2 aromatic rings. The van der Waals surface area contributed by atoms with E-state index in [4.69, 9.17) is 4.74 Å². The standard InChI is InChI=1S/C18H19N3O3/c22-17(13-24-16-4-2-1-3-5-16)21-11-8-15(12-21)20-18(23)14-6-9-19-10-7-14/h1-7,9-10,15H,8,11-13H2,(H,20,23)/t15-/m0/s1. The van der Waals surface area contributed by atoms with E-state index in [-0.39, 0.29) is 24.5 Å². The van der Waals surface area contributed by atoms with Crippen molar-refractivity contribution in [2.75, 3.05) is 19.7 Å². The number of rotatable bonds is 5. The van der Waals surface area contributed by atoms with Gasteiger partial charge in [-0.2, -0.15) is 0 Å². The number of likely N-dealkylation sites (tertiary alicyclic amines) is 1. The molecule has 0 radical (unpaired) electrons. The zero-order valence-electron chi connectivity index (χ0n) is 13.2. The number of carbonyl (C=O) groups excluding carboxylic acids is 2. The number of para-hydroxylation sites is 1. The highest BCUT2D eigenvalue weighted by atomic mass is 16.5. The molecule has 0 spiro atoms. The number of carbonyl (C=O) groups is 2. The molecule has 0 saturated carbocycles. The second-order valence-corrected chi connectivity index (χ2v) is 5.64. The molecule has 1 atom stereocenters. The fourth-order valence-electron chi connectivity index (χ4n) is 2.63. The van der Waals surface area contributed by atoms with Crippen molar-refractivity contribution >= 4 is 11.8 Å². The number of nitrogens with zero attached hydrogens (tertiary/aromatic N) is 2. The third-order valence-electron chi connectivity index (χ3n) is 3.92. The van der Waals surface area contributed by atoms with Crippen LogP contribution in [0.25, 0.3) is 0 Å². The minimum absolute atomic E-state index is 0.00896. The van der Waals surface area contributed by atoms with E-state index in [9.17, 15) is 9.59 Å². The second kappa shape index (κ2) is 7.59.